The number of amides is 1. The van der Waals surface area contributed by atoms with Crippen LogP contribution in [-0.4, -0.2) is 36.5 Å². The highest BCUT2D eigenvalue weighted by Gasteiger charge is 2.22. The second-order valence-corrected chi connectivity index (χ2v) is 4.82. The van der Waals surface area contributed by atoms with E-state index >= 15 is 0 Å². The van der Waals surface area contributed by atoms with Crippen molar-refractivity contribution in [2.45, 2.75) is 19.9 Å². The van der Waals surface area contributed by atoms with Crippen LogP contribution in [0.1, 0.15) is 22.8 Å². The Morgan fingerprint density at radius 3 is 3.00 bits per heavy atom. The van der Waals surface area contributed by atoms with Gasteiger partial charge in [0, 0.05) is 31.1 Å². The zero-order chi connectivity index (χ0) is 10.8. The first-order chi connectivity index (χ1) is 7.18. The zero-order valence-corrected chi connectivity index (χ0v) is 9.93. The molecule has 0 unspecified atom stereocenters. The molecule has 0 radical (unpaired) electrons. The Morgan fingerprint density at radius 2 is 2.40 bits per heavy atom. The second kappa shape index (κ2) is 4.33. The van der Waals surface area contributed by atoms with E-state index in [0.29, 0.717) is 6.04 Å². The number of nitrogens with one attached hydrogen (secondary N) is 1. The van der Waals surface area contributed by atoms with Gasteiger partial charge < -0.3 is 10.2 Å². The van der Waals surface area contributed by atoms with Gasteiger partial charge in [-0.15, -0.1) is 0 Å². The minimum Gasteiger partial charge on any atom is -0.336 e. The third kappa shape index (κ3) is 2.21. The molecule has 2 heterocycles. The summed E-state index contributed by atoms with van der Waals surface area (Å²) >= 11 is 1.60. The van der Waals surface area contributed by atoms with Gasteiger partial charge in [0.15, 0.2) is 0 Å². The van der Waals surface area contributed by atoms with E-state index in [4.69, 9.17) is 0 Å². The predicted octanol–water partition coefficient (Wildman–Crippen LogP) is 1.49. The summed E-state index contributed by atoms with van der Waals surface area (Å²) in [6, 6.07) is 0.404. The van der Waals surface area contributed by atoms with Crippen molar-refractivity contribution in [1.82, 2.24) is 10.2 Å². The van der Waals surface area contributed by atoms with Crippen LogP contribution >= 0.6 is 11.3 Å². The van der Waals surface area contributed by atoms with Crippen LogP contribution in [0.15, 0.2) is 10.8 Å². The summed E-state index contributed by atoms with van der Waals surface area (Å²) in [5, 5.41) is 7.31. The van der Waals surface area contributed by atoms with Crippen LogP contribution in [0, 0.1) is 6.92 Å². The number of hydrogen-bond acceptors (Lipinski definition) is 3. The summed E-state index contributed by atoms with van der Waals surface area (Å²) in [4.78, 5) is 14.1. The van der Waals surface area contributed by atoms with E-state index in [1.54, 1.807) is 11.3 Å². The molecule has 1 amide bonds. The van der Waals surface area contributed by atoms with Gasteiger partial charge in [-0.2, -0.15) is 11.3 Å². The lowest BCUT2D eigenvalue weighted by Crippen LogP contribution is -2.51. The van der Waals surface area contributed by atoms with Gasteiger partial charge in [-0.25, -0.2) is 0 Å². The maximum atomic E-state index is 12.1. The molecular formula is C11H16N2OS. The fraction of sp³-hybridized carbons (Fsp3) is 0.545. The molecule has 0 bridgehead atoms. The number of thiophene rings is 1. The smallest absolute Gasteiger partial charge is 0.255 e. The number of aryl methyl sites for hydroxylation is 1. The van der Waals surface area contributed by atoms with E-state index in [1.807, 2.05) is 22.6 Å². The Morgan fingerprint density at radius 1 is 1.60 bits per heavy atom. The van der Waals surface area contributed by atoms with E-state index in [-0.39, 0.29) is 5.91 Å². The zero-order valence-electron chi connectivity index (χ0n) is 9.12. The van der Waals surface area contributed by atoms with Gasteiger partial charge in [-0.05, 0) is 24.8 Å². The summed E-state index contributed by atoms with van der Waals surface area (Å²) in [5.74, 6) is 0.183. The number of piperazine rings is 1. The number of hydrogen-bond donors (Lipinski definition) is 1. The molecule has 3 nitrogen and oxygen atoms in total. The SMILES string of the molecule is Cc1cscc1C(=O)N1CCN[C@H](C)C1. The highest BCUT2D eigenvalue weighted by molar-refractivity contribution is 7.08. The molecule has 0 saturated carbocycles. The molecule has 1 saturated heterocycles. The normalized spacial score (nSPS) is 21.7. The quantitative estimate of drug-likeness (QED) is 0.784. The molecule has 1 aliphatic rings. The number of carbonyl (C=O) groups excluding carboxylic acids is 1. The van der Waals surface area contributed by atoms with Crippen molar-refractivity contribution in [3.05, 3.63) is 21.9 Å². The largest absolute Gasteiger partial charge is 0.336 e. The molecule has 15 heavy (non-hydrogen) atoms. The summed E-state index contributed by atoms with van der Waals surface area (Å²) in [5.41, 5.74) is 1.96. The minimum absolute atomic E-state index is 0.183. The summed E-state index contributed by atoms with van der Waals surface area (Å²) in [6.45, 7) is 6.64. The van der Waals surface area contributed by atoms with Gasteiger partial charge >= 0.3 is 0 Å². The second-order valence-electron chi connectivity index (χ2n) is 4.07. The van der Waals surface area contributed by atoms with E-state index in [2.05, 4.69) is 12.2 Å². The van der Waals surface area contributed by atoms with Crippen LogP contribution < -0.4 is 5.32 Å². The topological polar surface area (TPSA) is 32.3 Å². The minimum atomic E-state index is 0.183. The lowest BCUT2D eigenvalue weighted by Gasteiger charge is -2.31. The molecule has 1 N–H and O–H groups in total. The van der Waals surface area contributed by atoms with Gasteiger partial charge in [-0.3, -0.25) is 4.79 Å². The van der Waals surface area contributed by atoms with Gasteiger partial charge in [0.2, 0.25) is 0 Å². The maximum absolute atomic E-state index is 12.1. The Kier molecular flexibility index (Phi) is 3.07. The van der Waals surface area contributed by atoms with Gasteiger partial charge in [0.25, 0.3) is 5.91 Å². The van der Waals surface area contributed by atoms with E-state index in [1.165, 1.54) is 0 Å². The first-order valence-corrected chi connectivity index (χ1v) is 6.18. The lowest BCUT2D eigenvalue weighted by atomic mass is 10.1. The first-order valence-electron chi connectivity index (χ1n) is 5.24. The van der Waals surface area contributed by atoms with Crippen molar-refractivity contribution in [2.75, 3.05) is 19.6 Å². The Hall–Kier alpha value is -0.870. The molecule has 1 fully saturated rings. The number of carbonyl (C=O) groups is 1. The van der Waals surface area contributed by atoms with E-state index in [9.17, 15) is 4.79 Å². The van der Waals surface area contributed by atoms with Crippen LogP contribution in [0.25, 0.3) is 0 Å². The number of nitrogens with zero attached hydrogens (tertiary/aromatic N) is 1. The Bertz CT molecular complexity index is 361. The fourth-order valence-electron chi connectivity index (χ4n) is 1.87. The van der Waals surface area contributed by atoms with E-state index in [0.717, 1.165) is 30.8 Å². The third-order valence-electron chi connectivity index (χ3n) is 2.74. The Balaban J connectivity index is 2.11. The highest BCUT2D eigenvalue weighted by atomic mass is 32.1. The van der Waals surface area contributed by atoms with Crippen LogP contribution in [0.5, 0.6) is 0 Å². The summed E-state index contributed by atoms with van der Waals surface area (Å²) < 4.78 is 0. The fourth-order valence-corrected chi connectivity index (χ4v) is 2.69. The average Bonchev–Trinajstić information content (AvgIpc) is 2.63. The van der Waals surface area contributed by atoms with Crippen LogP contribution in [-0.2, 0) is 0 Å². The molecule has 4 heteroatoms. The first kappa shape index (κ1) is 10.6. The summed E-state index contributed by atoms with van der Waals surface area (Å²) in [6.07, 6.45) is 0. The van der Waals surface area contributed by atoms with Gasteiger partial charge in [-0.1, -0.05) is 0 Å². The molecule has 0 spiro atoms. The molecule has 0 aromatic carbocycles. The molecule has 1 aromatic rings. The Labute approximate surface area is 94.1 Å². The molecule has 0 aliphatic carbocycles. The standard InChI is InChI=1S/C11H16N2OS/c1-8-6-15-7-10(8)11(14)13-4-3-12-9(2)5-13/h6-7,9,12H,3-5H2,1-2H3/t9-/m1/s1. The van der Waals surface area contributed by atoms with Gasteiger partial charge in [0.05, 0.1) is 5.56 Å². The molecule has 1 aliphatic heterocycles. The molecule has 82 valence electrons. The van der Waals surface area contributed by atoms with Gasteiger partial charge in [0.1, 0.15) is 0 Å². The molecule has 2 rings (SSSR count). The summed E-state index contributed by atoms with van der Waals surface area (Å²) in [7, 11) is 0. The van der Waals surface area contributed by atoms with Crippen molar-refractivity contribution in [2.24, 2.45) is 0 Å². The monoisotopic (exact) mass is 224 g/mol. The van der Waals surface area contributed by atoms with E-state index < -0.39 is 0 Å². The van der Waals surface area contributed by atoms with Crippen LogP contribution in [0.2, 0.25) is 0 Å². The lowest BCUT2D eigenvalue weighted by molar-refractivity contribution is 0.0709. The molecule has 1 aromatic heterocycles. The van der Waals surface area contributed by atoms with Crippen molar-refractivity contribution >= 4 is 17.2 Å². The molecule has 1 atom stereocenters. The average molecular weight is 224 g/mol. The van der Waals surface area contributed by atoms with Crippen molar-refractivity contribution < 1.29 is 4.79 Å². The van der Waals surface area contributed by atoms with Crippen molar-refractivity contribution in [3.8, 4) is 0 Å². The van der Waals surface area contributed by atoms with Crippen molar-refractivity contribution in [3.63, 3.8) is 0 Å². The van der Waals surface area contributed by atoms with Crippen molar-refractivity contribution in [1.29, 1.82) is 0 Å². The maximum Gasteiger partial charge on any atom is 0.255 e. The highest BCUT2D eigenvalue weighted by Crippen LogP contribution is 2.16. The number of rotatable bonds is 1. The van der Waals surface area contributed by atoms with Crippen LogP contribution in [0.3, 0.4) is 0 Å². The third-order valence-corrected chi connectivity index (χ3v) is 3.60. The molecular weight excluding hydrogens is 208 g/mol. The predicted molar refractivity (Wildman–Crippen MR) is 62.4 cm³/mol. The van der Waals surface area contributed by atoms with Crippen LogP contribution in [0.4, 0.5) is 0 Å².